The number of hydrogen-bond acceptors (Lipinski definition) is 1. The van der Waals surface area contributed by atoms with Crippen molar-refractivity contribution < 1.29 is 0 Å². The fraction of sp³-hybridized carbons (Fsp3) is 0.760. The maximum absolute atomic E-state index is 5.36. The normalized spacial score (nSPS) is 10.4. The topological polar surface area (TPSA) is 26.0 Å². The van der Waals surface area contributed by atoms with Crippen LogP contribution in [0.25, 0.3) is 0 Å². The van der Waals surface area contributed by atoms with E-state index >= 15 is 0 Å². The smallest absolute Gasteiger partial charge is 0.0313 e. The van der Waals surface area contributed by atoms with Crippen molar-refractivity contribution in [2.24, 2.45) is 0 Å². The van der Waals surface area contributed by atoms with Crippen molar-refractivity contribution in [1.29, 1.82) is 0 Å². The molecule has 26 heavy (non-hydrogen) atoms. The molecule has 0 amide bonds. The fourth-order valence-electron chi connectivity index (χ4n) is 3.25. The number of unbranched alkanes of at least 4 members (excludes halogenated alkanes) is 16. The van der Waals surface area contributed by atoms with Crippen LogP contribution in [0.3, 0.4) is 0 Å². The molecule has 0 aliphatic carbocycles. The maximum Gasteiger partial charge on any atom is 0.0313 e. The Morgan fingerprint density at radius 1 is 0.462 bits per heavy atom. The molecule has 1 aromatic rings. The summed E-state index contributed by atoms with van der Waals surface area (Å²) in [5.74, 6) is 0. The molecule has 1 aromatic carbocycles. The van der Waals surface area contributed by atoms with E-state index in [1.807, 2.05) is 30.3 Å². The van der Waals surface area contributed by atoms with E-state index in [9.17, 15) is 0 Å². The number of benzene rings is 1. The van der Waals surface area contributed by atoms with Gasteiger partial charge in [-0.25, -0.2) is 0 Å². The van der Waals surface area contributed by atoms with Gasteiger partial charge in [0.25, 0.3) is 0 Å². The zero-order valence-electron chi connectivity index (χ0n) is 18.0. The van der Waals surface area contributed by atoms with Crippen molar-refractivity contribution in [2.75, 3.05) is 5.73 Å². The van der Waals surface area contributed by atoms with E-state index < -0.39 is 0 Å². The van der Waals surface area contributed by atoms with E-state index in [0.717, 1.165) is 5.69 Å². The number of nitrogens with two attached hydrogens (primary N) is 1. The third-order valence-corrected chi connectivity index (χ3v) is 5.01. The molecule has 0 aliphatic rings. The largest absolute Gasteiger partial charge is 0.399 e. The first-order valence-corrected chi connectivity index (χ1v) is 11.6. The van der Waals surface area contributed by atoms with E-state index in [4.69, 9.17) is 5.73 Å². The highest BCUT2D eigenvalue weighted by molar-refractivity contribution is 5.35. The molecule has 0 bridgehead atoms. The molecule has 1 nitrogen and oxygen atoms in total. The van der Waals surface area contributed by atoms with Crippen molar-refractivity contribution in [1.82, 2.24) is 0 Å². The van der Waals surface area contributed by atoms with Gasteiger partial charge in [-0.05, 0) is 12.1 Å². The lowest BCUT2D eigenvalue weighted by Gasteiger charge is -2.03. The van der Waals surface area contributed by atoms with E-state index in [-0.39, 0.29) is 0 Å². The highest BCUT2D eigenvalue weighted by atomic mass is 14.5. The first-order valence-electron chi connectivity index (χ1n) is 11.6. The van der Waals surface area contributed by atoms with Crippen LogP contribution in [0.4, 0.5) is 5.69 Å². The molecule has 0 radical (unpaired) electrons. The molecule has 0 unspecified atom stereocenters. The van der Waals surface area contributed by atoms with Crippen LogP contribution < -0.4 is 5.73 Å². The molecule has 0 heterocycles. The van der Waals surface area contributed by atoms with E-state index in [2.05, 4.69) is 13.8 Å². The number of rotatable bonds is 16. The van der Waals surface area contributed by atoms with Crippen molar-refractivity contribution in [2.45, 2.75) is 123 Å². The Morgan fingerprint density at radius 2 is 0.731 bits per heavy atom. The Hall–Kier alpha value is -0.980. The predicted molar refractivity (Wildman–Crippen MR) is 121 cm³/mol. The van der Waals surface area contributed by atoms with Crippen molar-refractivity contribution in [3.8, 4) is 0 Å². The van der Waals surface area contributed by atoms with Crippen LogP contribution >= 0.6 is 0 Å². The number of nitrogen functional groups attached to an aromatic ring is 1. The Labute approximate surface area is 165 Å². The van der Waals surface area contributed by atoms with Gasteiger partial charge in [-0.1, -0.05) is 141 Å². The number of hydrogen-bond donors (Lipinski definition) is 1. The van der Waals surface area contributed by atoms with Gasteiger partial charge < -0.3 is 5.73 Å². The zero-order chi connectivity index (χ0) is 19.1. The summed E-state index contributed by atoms with van der Waals surface area (Å²) in [7, 11) is 0. The molecular weight excluding hydrogens is 314 g/mol. The summed E-state index contributed by atoms with van der Waals surface area (Å²) in [6, 6.07) is 9.49. The van der Waals surface area contributed by atoms with Gasteiger partial charge in [0.1, 0.15) is 0 Å². The molecule has 152 valence electrons. The molecule has 2 N–H and O–H groups in total. The molecular formula is C25H47N. The van der Waals surface area contributed by atoms with Gasteiger partial charge in [-0.2, -0.15) is 0 Å². The van der Waals surface area contributed by atoms with Crippen molar-refractivity contribution in [3.05, 3.63) is 30.3 Å². The Morgan fingerprint density at radius 3 is 0.923 bits per heavy atom. The van der Waals surface area contributed by atoms with E-state index in [1.54, 1.807) is 0 Å². The van der Waals surface area contributed by atoms with Gasteiger partial charge in [0.2, 0.25) is 0 Å². The molecule has 0 atom stereocenters. The standard InChI is InChI=1S/C19H40.C6H7N/c1-3-5-7-9-11-13-15-17-19-18-16-14-12-10-8-6-4-2;7-6-4-2-1-3-5-6/h3-19H2,1-2H3;1-5H,7H2. The summed E-state index contributed by atoms with van der Waals surface area (Å²) < 4.78 is 0. The molecule has 0 aromatic heterocycles. The van der Waals surface area contributed by atoms with Crippen LogP contribution in [0.2, 0.25) is 0 Å². The van der Waals surface area contributed by atoms with Crippen LogP contribution in [0.15, 0.2) is 30.3 Å². The minimum atomic E-state index is 0.822. The van der Waals surface area contributed by atoms with Crippen molar-refractivity contribution in [3.63, 3.8) is 0 Å². The van der Waals surface area contributed by atoms with Gasteiger partial charge in [-0.3, -0.25) is 0 Å². The lowest BCUT2D eigenvalue weighted by Crippen LogP contribution is -1.83. The molecule has 0 aliphatic heterocycles. The second-order valence-corrected chi connectivity index (χ2v) is 7.71. The second kappa shape index (κ2) is 22.1. The summed E-state index contributed by atoms with van der Waals surface area (Å²) in [5, 5.41) is 0. The first kappa shape index (κ1) is 25.0. The monoisotopic (exact) mass is 361 g/mol. The average Bonchev–Trinajstić information content (AvgIpc) is 2.66. The molecule has 0 spiro atoms. The predicted octanol–water partition coefficient (Wildman–Crippen LogP) is 8.93. The van der Waals surface area contributed by atoms with E-state index in [1.165, 1.54) is 109 Å². The third-order valence-electron chi connectivity index (χ3n) is 5.01. The molecule has 0 saturated carbocycles. The van der Waals surface area contributed by atoms with Crippen LogP contribution in [0, 0.1) is 0 Å². The lowest BCUT2D eigenvalue weighted by atomic mass is 10.0. The summed E-state index contributed by atoms with van der Waals surface area (Å²) in [4.78, 5) is 0. The van der Waals surface area contributed by atoms with Crippen LogP contribution in [0.1, 0.15) is 123 Å². The van der Waals surface area contributed by atoms with Crippen molar-refractivity contribution >= 4 is 5.69 Å². The second-order valence-electron chi connectivity index (χ2n) is 7.71. The average molecular weight is 362 g/mol. The Kier molecular flexibility index (Phi) is 21.2. The maximum atomic E-state index is 5.36. The van der Waals surface area contributed by atoms with Gasteiger partial charge >= 0.3 is 0 Å². The fourth-order valence-corrected chi connectivity index (χ4v) is 3.25. The van der Waals surface area contributed by atoms with Crippen LogP contribution in [-0.2, 0) is 0 Å². The minimum Gasteiger partial charge on any atom is -0.399 e. The summed E-state index contributed by atoms with van der Waals surface area (Å²) >= 11 is 0. The van der Waals surface area contributed by atoms with Gasteiger partial charge in [0, 0.05) is 5.69 Å². The first-order chi connectivity index (χ1) is 12.8. The van der Waals surface area contributed by atoms with E-state index in [0.29, 0.717) is 0 Å². The zero-order valence-corrected chi connectivity index (χ0v) is 18.0. The SMILES string of the molecule is CCCCCCCCCCCCCCCCCCC.Nc1ccccc1. The molecule has 1 heteroatoms. The molecule has 1 rings (SSSR count). The molecule has 0 saturated heterocycles. The number of para-hydroxylation sites is 1. The summed E-state index contributed by atoms with van der Waals surface area (Å²) in [6.45, 7) is 4.59. The molecule has 0 fully saturated rings. The minimum absolute atomic E-state index is 0.822. The number of anilines is 1. The lowest BCUT2D eigenvalue weighted by molar-refractivity contribution is 0.529. The summed E-state index contributed by atoms with van der Waals surface area (Å²) in [5.41, 5.74) is 6.18. The van der Waals surface area contributed by atoms with Gasteiger partial charge in [0.15, 0.2) is 0 Å². The van der Waals surface area contributed by atoms with Crippen LogP contribution in [0.5, 0.6) is 0 Å². The van der Waals surface area contributed by atoms with Gasteiger partial charge in [-0.15, -0.1) is 0 Å². The van der Waals surface area contributed by atoms with Gasteiger partial charge in [0.05, 0.1) is 0 Å². The summed E-state index contributed by atoms with van der Waals surface area (Å²) in [6.07, 6.45) is 24.9. The van der Waals surface area contributed by atoms with Crippen LogP contribution in [-0.4, -0.2) is 0 Å². The Bertz CT molecular complexity index is 330. The quantitative estimate of drug-likeness (QED) is 0.231. The highest BCUT2D eigenvalue weighted by Crippen LogP contribution is 2.13. The Balaban J connectivity index is 0.000000735. The third kappa shape index (κ3) is 21.1. The highest BCUT2D eigenvalue weighted by Gasteiger charge is 1.94.